The Bertz CT molecular complexity index is 969. The zero-order chi connectivity index (χ0) is 21.3. The number of guanidine groups is 1. The Labute approximate surface area is 177 Å². The molecule has 0 spiro atoms. The molecule has 1 heterocycles. The lowest BCUT2D eigenvalue weighted by atomic mass is 10.1. The molecular formula is C23H29N5O2. The first-order valence-electron chi connectivity index (χ1n) is 10.0. The first-order valence-corrected chi connectivity index (χ1v) is 10.0. The maximum Gasteiger partial charge on any atom is 0.194 e. The summed E-state index contributed by atoms with van der Waals surface area (Å²) in [4.78, 5) is 14.6. The normalized spacial score (nSPS) is 11.4. The largest absolute Gasteiger partial charge is 0.508 e. The van der Waals surface area contributed by atoms with Crippen molar-refractivity contribution in [2.24, 2.45) is 4.99 Å². The lowest BCUT2D eigenvalue weighted by Gasteiger charge is -2.21. The van der Waals surface area contributed by atoms with Crippen LogP contribution in [-0.2, 0) is 13.0 Å². The third-order valence-electron chi connectivity index (χ3n) is 4.73. The average Bonchev–Trinajstić information content (AvgIpc) is 3.23. The fourth-order valence-electron chi connectivity index (χ4n) is 3.14. The monoisotopic (exact) mass is 407 g/mol. The number of aromatic amines is 1. The van der Waals surface area contributed by atoms with E-state index < -0.39 is 0 Å². The van der Waals surface area contributed by atoms with Gasteiger partial charge in [-0.2, -0.15) is 0 Å². The molecular weight excluding hydrogens is 378 g/mol. The van der Waals surface area contributed by atoms with E-state index >= 15 is 0 Å². The second-order valence-electron chi connectivity index (χ2n) is 6.95. The molecule has 0 aliphatic carbocycles. The molecule has 0 aliphatic heterocycles. The Balaban J connectivity index is 1.63. The van der Waals surface area contributed by atoms with Crippen molar-refractivity contribution < 1.29 is 9.84 Å². The molecule has 0 saturated carbocycles. The van der Waals surface area contributed by atoms with Gasteiger partial charge in [0.2, 0.25) is 0 Å². The fraction of sp³-hybridized carbons (Fsp3) is 0.304. The van der Waals surface area contributed by atoms with Gasteiger partial charge >= 0.3 is 0 Å². The molecule has 3 aromatic rings. The molecule has 0 fully saturated rings. The maximum atomic E-state index is 10.1. The molecule has 0 amide bonds. The van der Waals surface area contributed by atoms with Gasteiger partial charge in [0, 0.05) is 26.2 Å². The number of phenolic OH excluding ortho intramolecular Hbond substituents is 1. The summed E-state index contributed by atoms with van der Waals surface area (Å²) in [6.07, 6.45) is 2.49. The molecule has 2 aromatic carbocycles. The lowest BCUT2D eigenvalue weighted by molar-refractivity contribution is 0.406. The highest BCUT2D eigenvalue weighted by Crippen LogP contribution is 2.23. The van der Waals surface area contributed by atoms with Crippen LogP contribution >= 0.6 is 0 Å². The number of methoxy groups -OCH3 is 1. The Kier molecular flexibility index (Phi) is 7.32. The number of H-pyrrole nitrogens is 1. The number of ether oxygens (including phenoxy) is 1. The van der Waals surface area contributed by atoms with Gasteiger partial charge < -0.3 is 25.0 Å². The topological polar surface area (TPSA) is 85.8 Å². The van der Waals surface area contributed by atoms with Crippen LogP contribution in [0.5, 0.6) is 11.5 Å². The summed E-state index contributed by atoms with van der Waals surface area (Å²) in [5.41, 5.74) is 2.95. The van der Waals surface area contributed by atoms with Crippen molar-refractivity contribution >= 4 is 5.96 Å². The first-order chi connectivity index (χ1) is 14.6. The number of phenols is 1. The van der Waals surface area contributed by atoms with E-state index in [4.69, 9.17) is 9.73 Å². The highest BCUT2D eigenvalue weighted by molar-refractivity contribution is 5.79. The van der Waals surface area contributed by atoms with Crippen LogP contribution in [0.15, 0.2) is 59.7 Å². The smallest absolute Gasteiger partial charge is 0.194 e. The minimum absolute atomic E-state index is 0.229. The molecule has 0 atom stereocenters. The molecule has 0 radical (unpaired) electrons. The Hall–Kier alpha value is -3.48. The van der Waals surface area contributed by atoms with Crippen LogP contribution in [0, 0.1) is 0 Å². The summed E-state index contributed by atoms with van der Waals surface area (Å²) < 4.78 is 5.13. The van der Waals surface area contributed by atoms with E-state index in [-0.39, 0.29) is 5.75 Å². The van der Waals surface area contributed by atoms with E-state index in [9.17, 15) is 5.11 Å². The van der Waals surface area contributed by atoms with Gasteiger partial charge in [-0.1, -0.05) is 36.4 Å². The summed E-state index contributed by atoms with van der Waals surface area (Å²) in [5.74, 6) is 2.53. The number of benzene rings is 2. The van der Waals surface area contributed by atoms with Crippen LogP contribution in [0.2, 0.25) is 0 Å². The maximum absolute atomic E-state index is 10.1. The summed E-state index contributed by atoms with van der Waals surface area (Å²) >= 11 is 0. The second kappa shape index (κ2) is 10.3. The van der Waals surface area contributed by atoms with Crippen LogP contribution in [0.4, 0.5) is 0 Å². The summed E-state index contributed by atoms with van der Waals surface area (Å²) in [5, 5.41) is 13.4. The molecule has 1 aromatic heterocycles. The van der Waals surface area contributed by atoms with Crippen LogP contribution in [0.1, 0.15) is 18.3 Å². The highest BCUT2D eigenvalue weighted by atomic mass is 16.5. The third kappa shape index (κ3) is 5.53. The predicted octanol–water partition coefficient (Wildman–Crippen LogP) is 3.43. The second-order valence-corrected chi connectivity index (χ2v) is 6.95. The lowest BCUT2D eigenvalue weighted by Crippen LogP contribution is -2.38. The standard InChI is InChI=1S/C23H29N5O2/c1-4-24-23(25-13-12-18-10-11-19(30-3)14-21(18)29)28(2)16-22-26-15-20(27-22)17-8-6-5-7-9-17/h5-11,14-15,29H,4,12-13,16H2,1-3H3,(H,24,25)(H,26,27). The zero-order valence-corrected chi connectivity index (χ0v) is 17.7. The minimum atomic E-state index is 0.229. The van der Waals surface area contributed by atoms with Gasteiger partial charge in [0.1, 0.15) is 17.3 Å². The summed E-state index contributed by atoms with van der Waals surface area (Å²) in [6.45, 7) is 3.97. The van der Waals surface area contributed by atoms with E-state index in [0.29, 0.717) is 25.3 Å². The molecule has 7 nitrogen and oxygen atoms in total. The number of rotatable bonds is 8. The number of aliphatic imine (C=N–C) groups is 1. The molecule has 3 rings (SSSR count). The first kappa shape index (κ1) is 21.2. The van der Waals surface area contributed by atoms with Gasteiger partial charge in [0.05, 0.1) is 25.5 Å². The van der Waals surface area contributed by atoms with Gasteiger partial charge in [-0.25, -0.2) is 4.98 Å². The van der Waals surface area contributed by atoms with Crippen LogP contribution in [0.25, 0.3) is 11.3 Å². The van der Waals surface area contributed by atoms with Gasteiger partial charge in [-0.3, -0.25) is 4.99 Å². The van der Waals surface area contributed by atoms with Crippen LogP contribution < -0.4 is 10.1 Å². The van der Waals surface area contributed by atoms with Crippen molar-refractivity contribution in [3.63, 3.8) is 0 Å². The molecule has 158 valence electrons. The quantitative estimate of drug-likeness (QED) is 0.393. The van der Waals surface area contributed by atoms with Crippen molar-refractivity contribution in [1.29, 1.82) is 0 Å². The molecule has 0 unspecified atom stereocenters. The Morgan fingerprint density at radius 2 is 2.03 bits per heavy atom. The summed E-state index contributed by atoms with van der Waals surface area (Å²) in [7, 11) is 3.57. The van der Waals surface area contributed by atoms with E-state index in [1.807, 2.05) is 55.4 Å². The van der Waals surface area contributed by atoms with Crippen LogP contribution in [0.3, 0.4) is 0 Å². The van der Waals surface area contributed by atoms with Crippen molar-refractivity contribution in [2.75, 3.05) is 27.2 Å². The van der Waals surface area contributed by atoms with Gasteiger partial charge in [0.15, 0.2) is 5.96 Å². The van der Waals surface area contributed by atoms with E-state index in [0.717, 1.165) is 35.1 Å². The van der Waals surface area contributed by atoms with Crippen molar-refractivity contribution in [1.82, 2.24) is 20.2 Å². The number of hydrogen-bond donors (Lipinski definition) is 3. The minimum Gasteiger partial charge on any atom is -0.508 e. The molecule has 3 N–H and O–H groups in total. The number of nitrogens with one attached hydrogen (secondary N) is 2. The average molecular weight is 408 g/mol. The summed E-state index contributed by atoms with van der Waals surface area (Å²) in [6, 6.07) is 15.5. The number of aromatic hydroxyl groups is 1. The van der Waals surface area contributed by atoms with Gasteiger partial charge in [0.25, 0.3) is 0 Å². The van der Waals surface area contributed by atoms with Crippen LogP contribution in [-0.4, -0.2) is 53.2 Å². The van der Waals surface area contributed by atoms with Crippen molar-refractivity contribution in [3.05, 3.63) is 66.1 Å². The number of imidazole rings is 1. The van der Waals surface area contributed by atoms with E-state index in [2.05, 4.69) is 27.4 Å². The van der Waals surface area contributed by atoms with E-state index in [1.54, 1.807) is 13.2 Å². The zero-order valence-electron chi connectivity index (χ0n) is 17.7. The molecule has 0 aliphatic rings. The predicted molar refractivity (Wildman–Crippen MR) is 120 cm³/mol. The molecule has 7 heteroatoms. The van der Waals surface area contributed by atoms with Crippen molar-refractivity contribution in [3.8, 4) is 22.8 Å². The molecule has 0 saturated heterocycles. The highest BCUT2D eigenvalue weighted by Gasteiger charge is 2.10. The van der Waals surface area contributed by atoms with Gasteiger partial charge in [-0.15, -0.1) is 0 Å². The van der Waals surface area contributed by atoms with E-state index in [1.165, 1.54) is 0 Å². The third-order valence-corrected chi connectivity index (χ3v) is 4.73. The molecule has 0 bridgehead atoms. The van der Waals surface area contributed by atoms with Crippen molar-refractivity contribution in [2.45, 2.75) is 19.9 Å². The number of aromatic nitrogens is 2. The fourth-order valence-corrected chi connectivity index (χ4v) is 3.14. The number of hydrogen-bond acceptors (Lipinski definition) is 4. The number of nitrogens with zero attached hydrogens (tertiary/aromatic N) is 3. The SMILES string of the molecule is CCNC(=NCCc1ccc(OC)cc1O)N(C)Cc1ncc(-c2ccccc2)[nH]1. The molecule has 30 heavy (non-hydrogen) atoms. The Morgan fingerprint density at radius 3 is 2.73 bits per heavy atom. The van der Waals surface area contributed by atoms with Gasteiger partial charge in [-0.05, 0) is 30.5 Å². The Morgan fingerprint density at radius 1 is 1.23 bits per heavy atom.